The molecule has 2 rings (SSSR count). The lowest BCUT2D eigenvalue weighted by molar-refractivity contribution is -0.114. The Hall–Kier alpha value is -2.49. The number of benzene rings is 2. The zero-order valence-electron chi connectivity index (χ0n) is 15.6. The molecule has 0 aliphatic heterocycles. The lowest BCUT2D eigenvalue weighted by atomic mass is 10.1. The SMILES string of the molecule is Cc1cccc(C)c1NCC(=O)Nc1ccc(OCCC(C)C)cc1. The minimum absolute atomic E-state index is 0.0730. The van der Waals surface area contributed by atoms with E-state index in [0.717, 1.165) is 34.7 Å². The van der Waals surface area contributed by atoms with Gasteiger partial charge in [0.2, 0.25) is 5.91 Å². The lowest BCUT2D eigenvalue weighted by Crippen LogP contribution is -2.22. The molecule has 4 heteroatoms. The first-order chi connectivity index (χ1) is 12.0. The molecule has 0 bridgehead atoms. The number of para-hydroxylation sites is 1. The fraction of sp³-hybridized carbons (Fsp3) is 0.381. The van der Waals surface area contributed by atoms with Gasteiger partial charge in [0.15, 0.2) is 0 Å². The lowest BCUT2D eigenvalue weighted by Gasteiger charge is -2.13. The molecule has 0 radical (unpaired) electrons. The van der Waals surface area contributed by atoms with Crippen LogP contribution in [0, 0.1) is 19.8 Å². The Balaban J connectivity index is 1.82. The molecule has 0 aliphatic carbocycles. The van der Waals surface area contributed by atoms with Crippen LogP contribution in [0.1, 0.15) is 31.4 Å². The quantitative estimate of drug-likeness (QED) is 0.727. The molecule has 0 heterocycles. The van der Waals surface area contributed by atoms with Crippen LogP contribution < -0.4 is 15.4 Å². The zero-order valence-corrected chi connectivity index (χ0v) is 15.6. The van der Waals surface area contributed by atoms with Gasteiger partial charge in [-0.15, -0.1) is 0 Å². The van der Waals surface area contributed by atoms with E-state index in [1.54, 1.807) is 0 Å². The van der Waals surface area contributed by atoms with Gasteiger partial charge in [-0.25, -0.2) is 0 Å². The molecule has 2 aromatic carbocycles. The number of carbonyl (C=O) groups excluding carboxylic acids is 1. The zero-order chi connectivity index (χ0) is 18.2. The Bertz CT molecular complexity index is 673. The molecule has 1 amide bonds. The summed E-state index contributed by atoms with van der Waals surface area (Å²) in [5.41, 5.74) is 4.06. The minimum Gasteiger partial charge on any atom is -0.494 e. The van der Waals surface area contributed by atoms with Gasteiger partial charge in [0.25, 0.3) is 0 Å². The summed E-state index contributed by atoms with van der Waals surface area (Å²) in [5.74, 6) is 1.38. The van der Waals surface area contributed by atoms with Crippen LogP contribution in [-0.2, 0) is 4.79 Å². The summed E-state index contributed by atoms with van der Waals surface area (Å²) in [5, 5.41) is 6.11. The van der Waals surface area contributed by atoms with Gasteiger partial charge < -0.3 is 15.4 Å². The van der Waals surface area contributed by atoms with E-state index >= 15 is 0 Å². The Labute approximate surface area is 150 Å². The highest BCUT2D eigenvalue weighted by Crippen LogP contribution is 2.19. The van der Waals surface area contributed by atoms with Crippen molar-refractivity contribution in [2.45, 2.75) is 34.1 Å². The number of nitrogens with one attached hydrogen (secondary N) is 2. The van der Waals surface area contributed by atoms with Crippen molar-refractivity contribution < 1.29 is 9.53 Å². The molecule has 0 saturated carbocycles. The predicted octanol–water partition coefficient (Wildman–Crippen LogP) is 4.78. The molecule has 0 unspecified atom stereocenters. The molecule has 2 aromatic rings. The van der Waals surface area contributed by atoms with Crippen LogP contribution >= 0.6 is 0 Å². The average molecular weight is 340 g/mol. The van der Waals surface area contributed by atoms with Crippen molar-refractivity contribution in [2.24, 2.45) is 5.92 Å². The average Bonchev–Trinajstić information content (AvgIpc) is 2.56. The molecule has 0 atom stereocenters. The third-order valence-electron chi connectivity index (χ3n) is 4.01. The molecule has 25 heavy (non-hydrogen) atoms. The van der Waals surface area contributed by atoms with E-state index < -0.39 is 0 Å². The predicted molar refractivity (Wildman–Crippen MR) is 104 cm³/mol. The Morgan fingerprint density at radius 2 is 1.68 bits per heavy atom. The Morgan fingerprint density at radius 3 is 2.28 bits per heavy atom. The van der Waals surface area contributed by atoms with Gasteiger partial charge in [0.1, 0.15) is 5.75 Å². The number of hydrogen-bond acceptors (Lipinski definition) is 3. The standard InChI is InChI=1S/C21H28N2O2/c1-15(2)12-13-25-19-10-8-18(9-11-19)23-20(24)14-22-21-16(3)6-5-7-17(21)4/h5-11,15,22H,12-14H2,1-4H3,(H,23,24). The molecular formula is C21H28N2O2. The first kappa shape index (κ1) is 18.8. The number of aryl methyl sites for hydroxylation is 2. The van der Waals surface area contributed by atoms with Crippen molar-refractivity contribution in [3.63, 3.8) is 0 Å². The number of ether oxygens (including phenoxy) is 1. The smallest absolute Gasteiger partial charge is 0.243 e. The van der Waals surface area contributed by atoms with E-state index in [0.29, 0.717) is 12.5 Å². The second kappa shape index (κ2) is 9.11. The van der Waals surface area contributed by atoms with E-state index in [9.17, 15) is 4.79 Å². The molecule has 134 valence electrons. The summed E-state index contributed by atoms with van der Waals surface area (Å²) in [6.07, 6.45) is 1.03. The number of rotatable bonds is 8. The topological polar surface area (TPSA) is 50.4 Å². The number of anilines is 2. The highest BCUT2D eigenvalue weighted by molar-refractivity contribution is 5.94. The van der Waals surface area contributed by atoms with E-state index in [1.165, 1.54) is 0 Å². The summed E-state index contributed by atoms with van der Waals surface area (Å²) in [4.78, 5) is 12.1. The van der Waals surface area contributed by atoms with Gasteiger partial charge in [0.05, 0.1) is 13.2 Å². The monoisotopic (exact) mass is 340 g/mol. The first-order valence-corrected chi connectivity index (χ1v) is 8.78. The van der Waals surface area contributed by atoms with E-state index in [-0.39, 0.29) is 12.5 Å². The van der Waals surface area contributed by atoms with Crippen molar-refractivity contribution in [1.82, 2.24) is 0 Å². The van der Waals surface area contributed by atoms with Crippen molar-refractivity contribution in [2.75, 3.05) is 23.8 Å². The van der Waals surface area contributed by atoms with E-state index in [2.05, 4.69) is 24.5 Å². The third-order valence-corrected chi connectivity index (χ3v) is 4.01. The van der Waals surface area contributed by atoms with Gasteiger partial charge >= 0.3 is 0 Å². The number of amides is 1. The fourth-order valence-corrected chi connectivity index (χ4v) is 2.51. The maximum atomic E-state index is 12.1. The second-order valence-corrected chi connectivity index (χ2v) is 6.72. The number of hydrogen-bond donors (Lipinski definition) is 2. The van der Waals surface area contributed by atoms with Crippen LogP contribution in [0.25, 0.3) is 0 Å². The highest BCUT2D eigenvalue weighted by atomic mass is 16.5. The van der Waals surface area contributed by atoms with Crippen LogP contribution in [0.5, 0.6) is 5.75 Å². The minimum atomic E-state index is -0.0730. The van der Waals surface area contributed by atoms with Gasteiger partial charge in [-0.3, -0.25) is 4.79 Å². The van der Waals surface area contributed by atoms with Crippen molar-refractivity contribution in [3.8, 4) is 5.75 Å². The summed E-state index contributed by atoms with van der Waals surface area (Å²) >= 11 is 0. The van der Waals surface area contributed by atoms with Crippen molar-refractivity contribution in [1.29, 1.82) is 0 Å². The molecule has 0 saturated heterocycles. The normalized spacial score (nSPS) is 10.6. The van der Waals surface area contributed by atoms with Crippen LogP contribution in [0.15, 0.2) is 42.5 Å². The third kappa shape index (κ3) is 6.14. The molecule has 4 nitrogen and oxygen atoms in total. The van der Waals surface area contributed by atoms with E-state index in [1.807, 2.05) is 56.3 Å². The molecule has 0 aromatic heterocycles. The van der Waals surface area contributed by atoms with Crippen LogP contribution in [0.3, 0.4) is 0 Å². The van der Waals surface area contributed by atoms with Crippen LogP contribution in [-0.4, -0.2) is 19.1 Å². The molecule has 0 spiro atoms. The molecule has 0 fully saturated rings. The molecular weight excluding hydrogens is 312 g/mol. The maximum Gasteiger partial charge on any atom is 0.243 e. The fourth-order valence-electron chi connectivity index (χ4n) is 2.51. The summed E-state index contributed by atoms with van der Waals surface area (Å²) in [7, 11) is 0. The van der Waals surface area contributed by atoms with Gasteiger partial charge in [-0.2, -0.15) is 0 Å². The highest BCUT2D eigenvalue weighted by Gasteiger charge is 2.06. The maximum absolute atomic E-state index is 12.1. The largest absolute Gasteiger partial charge is 0.494 e. The van der Waals surface area contributed by atoms with Gasteiger partial charge in [-0.1, -0.05) is 32.0 Å². The first-order valence-electron chi connectivity index (χ1n) is 8.78. The van der Waals surface area contributed by atoms with E-state index in [4.69, 9.17) is 4.74 Å². The van der Waals surface area contributed by atoms with Crippen LogP contribution in [0.4, 0.5) is 11.4 Å². The van der Waals surface area contributed by atoms with Gasteiger partial charge in [-0.05, 0) is 61.6 Å². The summed E-state index contributed by atoms with van der Waals surface area (Å²) in [6.45, 7) is 9.36. The van der Waals surface area contributed by atoms with Gasteiger partial charge in [0, 0.05) is 11.4 Å². The molecule has 2 N–H and O–H groups in total. The second-order valence-electron chi connectivity index (χ2n) is 6.72. The van der Waals surface area contributed by atoms with Crippen molar-refractivity contribution in [3.05, 3.63) is 53.6 Å². The Morgan fingerprint density at radius 1 is 1.04 bits per heavy atom. The van der Waals surface area contributed by atoms with Crippen molar-refractivity contribution >= 4 is 17.3 Å². The summed E-state index contributed by atoms with van der Waals surface area (Å²) in [6, 6.07) is 13.6. The summed E-state index contributed by atoms with van der Waals surface area (Å²) < 4.78 is 5.68. The number of carbonyl (C=O) groups is 1. The van der Waals surface area contributed by atoms with Crippen LogP contribution in [0.2, 0.25) is 0 Å². The molecule has 0 aliphatic rings. The Kier molecular flexibility index (Phi) is 6.87.